The molecular weight excluding hydrogens is 514 g/mol. The molecule has 0 bridgehead atoms. The van der Waals surface area contributed by atoms with Crippen molar-refractivity contribution in [2.75, 3.05) is 0 Å². The number of allylic oxidation sites excluding steroid dienone is 2. The molecule has 6 rings (SSSR count). The van der Waals surface area contributed by atoms with E-state index in [1.807, 2.05) is 12.3 Å². The zero-order valence-electron chi connectivity index (χ0n) is 18.9. The Morgan fingerprint density at radius 1 is 1.19 bits per heavy atom. The van der Waals surface area contributed by atoms with Crippen LogP contribution in [0.2, 0.25) is 5.02 Å². The predicted molar refractivity (Wildman–Crippen MR) is 124 cm³/mol. The Morgan fingerprint density at radius 3 is 2.76 bits per heavy atom. The van der Waals surface area contributed by atoms with Gasteiger partial charge >= 0.3 is 6.18 Å². The van der Waals surface area contributed by atoms with Gasteiger partial charge in [0.25, 0.3) is 0 Å². The second-order valence-corrected chi connectivity index (χ2v) is 9.32. The molecule has 1 saturated heterocycles. The minimum atomic E-state index is -4.71. The first-order chi connectivity index (χ1) is 17.7. The molecule has 1 amide bonds. The molecule has 0 spiro atoms. The third-order valence-corrected chi connectivity index (χ3v) is 6.97. The number of fused-ring (bicyclic) bond motifs is 1. The van der Waals surface area contributed by atoms with E-state index in [1.54, 1.807) is 23.4 Å². The lowest BCUT2D eigenvalue weighted by atomic mass is 9.89. The van der Waals surface area contributed by atoms with Crippen molar-refractivity contribution in [2.45, 2.75) is 37.4 Å². The highest BCUT2D eigenvalue weighted by Gasteiger charge is 2.41. The zero-order valence-corrected chi connectivity index (χ0v) is 19.7. The Balaban J connectivity index is 1.35. The highest BCUT2D eigenvalue weighted by atomic mass is 35.5. The standard InChI is InChI=1S/C24H18ClF4N7O/c25-15-2-4-17(35-11-19(33-34-35)24(27,28)29)21(22(15)26)13-7-14-1-3-18(36(14)20(37)8-13)23-31-10-16(32-23)12-5-6-30-9-12/h2,4-7,9-11,13,18,30H,1,3,8H2,(H,31,32)/t13?,18-/m0/s1. The molecule has 2 aliphatic heterocycles. The van der Waals surface area contributed by atoms with Crippen LogP contribution in [0.5, 0.6) is 0 Å². The van der Waals surface area contributed by atoms with E-state index in [2.05, 4.69) is 25.3 Å². The summed E-state index contributed by atoms with van der Waals surface area (Å²) < 4.78 is 55.5. The van der Waals surface area contributed by atoms with Crippen LogP contribution in [0.15, 0.2) is 54.8 Å². The molecule has 5 heterocycles. The molecular formula is C24H18ClF4N7O. The molecule has 3 aromatic heterocycles. The smallest absolute Gasteiger partial charge is 0.367 e. The van der Waals surface area contributed by atoms with Gasteiger partial charge in [-0.2, -0.15) is 13.2 Å². The first kappa shape index (κ1) is 23.5. The molecule has 1 aromatic carbocycles. The van der Waals surface area contributed by atoms with E-state index in [0.717, 1.165) is 15.9 Å². The van der Waals surface area contributed by atoms with Crippen molar-refractivity contribution in [3.8, 4) is 16.9 Å². The number of carbonyl (C=O) groups is 1. The second-order valence-electron chi connectivity index (χ2n) is 8.91. The van der Waals surface area contributed by atoms with Crippen LogP contribution in [0.4, 0.5) is 17.6 Å². The molecule has 1 unspecified atom stereocenters. The van der Waals surface area contributed by atoms with Crippen molar-refractivity contribution >= 4 is 17.5 Å². The van der Waals surface area contributed by atoms with Crippen LogP contribution in [0.3, 0.4) is 0 Å². The predicted octanol–water partition coefficient (Wildman–Crippen LogP) is 5.53. The Bertz CT molecular complexity index is 1520. The summed E-state index contributed by atoms with van der Waals surface area (Å²) in [4.78, 5) is 25.8. The molecule has 0 radical (unpaired) electrons. The molecule has 37 heavy (non-hydrogen) atoms. The van der Waals surface area contributed by atoms with Gasteiger partial charge in [-0.3, -0.25) is 4.79 Å². The summed E-state index contributed by atoms with van der Waals surface area (Å²) in [5, 5.41) is 6.50. The molecule has 2 atom stereocenters. The normalized spacial score (nSPS) is 19.9. The number of nitrogens with one attached hydrogen (secondary N) is 2. The summed E-state index contributed by atoms with van der Waals surface area (Å²) in [6.07, 6.45) is 4.15. The number of imidazole rings is 1. The number of aromatic nitrogens is 6. The number of amides is 1. The van der Waals surface area contributed by atoms with Crippen molar-refractivity contribution in [3.05, 3.63) is 82.7 Å². The molecule has 2 aliphatic rings. The van der Waals surface area contributed by atoms with E-state index in [1.165, 1.54) is 12.1 Å². The average Bonchev–Trinajstić information content (AvgIpc) is 3.65. The molecule has 1 fully saturated rings. The fourth-order valence-electron chi connectivity index (χ4n) is 5.02. The van der Waals surface area contributed by atoms with Crippen molar-refractivity contribution in [1.82, 2.24) is 34.8 Å². The maximum atomic E-state index is 15.3. The fourth-order valence-corrected chi connectivity index (χ4v) is 5.18. The SMILES string of the molecule is O=C1CC(c2c(-n3cc(C(F)(F)F)nn3)ccc(Cl)c2F)C=C2CC[C@@H](c3ncc(-c4cc[nH]c4)[nH]3)N12. The lowest BCUT2D eigenvalue weighted by Gasteiger charge is -2.32. The summed E-state index contributed by atoms with van der Waals surface area (Å²) in [7, 11) is 0. The third-order valence-electron chi connectivity index (χ3n) is 6.68. The first-order valence-electron chi connectivity index (χ1n) is 11.4. The number of benzene rings is 1. The van der Waals surface area contributed by atoms with E-state index in [-0.39, 0.29) is 34.6 Å². The third kappa shape index (κ3) is 4.01. The van der Waals surface area contributed by atoms with Gasteiger partial charge < -0.3 is 14.9 Å². The lowest BCUT2D eigenvalue weighted by Crippen LogP contribution is -2.34. The zero-order chi connectivity index (χ0) is 25.9. The first-order valence-corrected chi connectivity index (χ1v) is 11.8. The van der Waals surface area contributed by atoms with E-state index in [9.17, 15) is 18.0 Å². The number of alkyl halides is 3. The quantitative estimate of drug-likeness (QED) is 0.338. The highest BCUT2D eigenvalue weighted by Crippen LogP contribution is 2.45. The number of carbonyl (C=O) groups excluding carboxylic acids is 1. The monoisotopic (exact) mass is 531 g/mol. The number of hydrogen-bond acceptors (Lipinski definition) is 4. The number of aromatic amines is 2. The van der Waals surface area contributed by atoms with E-state index < -0.39 is 23.6 Å². The van der Waals surface area contributed by atoms with Crippen molar-refractivity contribution < 1.29 is 22.4 Å². The van der Waals surface area contributed by atoms with Gasteiger partial charge in [0.05, 0.1) is 34.8 Å². The van der Waals surface area contributed by atoms with E-state index in [0.29, 0.717) is 30.6 Å². The minimum absolute atomic E-state index is 0.0113. The number of rotatable bonds is 4. The summed E-state index contributed by atoms with van der Waals surface area (Å²) in [5.74, 6) is -1.17. The number of H-pyrrole nitrogens is 2. The Morgan fingerprint density at radius 2 is 2.03 bits per heavy atom. The molecule has 4 aromatic rings. The van der Waals surface area contributed by atoms with Crippen molar-refractivity contribution in [3.63, 3.8) is 0 Å². The summed E-state index contributed by atoms with van der Waals surface area (Å²) >= 11 is 6.03. The maximum Gasteiger partial charge on any atom is 0.436 e. The maximum absolute atomic E-state index is 15.3. The number of nitrogens with zero attached hydrogens (tertiary/aromatic N) is 5. The molecule has 13 heteroatoms. The minimum Gasteiger partial charge on any atom is -0.367 e. The lowest BCUT2D eigenvalue weighted by molar-refractivity contribution is -0.141. The molecule has 2 N–H and O–H groups in total. The van der Waals surface area contributed by atoms with Gasteiger partial charge in [-0.25, -0.2) is 14.1 Å². The fraction of sp³-hybridized carbons (Fsp3) is 0.250. The topological polar surface area (TPSA) is 95.5 Å². The van der Waals surface area contributed by atoms with Crippen LogP contribution in [0, 0.1) is 5.82 Å². The van der Waals surface area contributed by atoms with Gasteiger partial charge in [-0.1, -0.05) is 22.9 Å². The Kier molecular flexibility index (Phi) is 5.44. The molecule has 190 valence electrons. The van der Waals surface area contributed by atoms with Crippen molar-refractivity contribution in [1.29, 1.82) is 0 Å². The van der Waals surface area contributed by atoms with Crippen LogP contribution in [-0.4, -0.2) is 40.8 Å². The summed E-state index contributed by atoms with van der Waals surface area (Å²) in [6.45, 7) is 0. The Labute approximate surface area is 212 Å². The second kappa shape index (κ2) is 8.58. The average molecular weight is 532 g/mol. The molecule has 8 nitrogen and oxygen atoms in total. The van der Waals surface area contributed by atoms with Crippen LogP contribution in [0.25, 0.3) is 16.9 Å². The van der Waals surface area contributed by atoms with Crippen LogP contribution in [-0.2, 0) is 11.0 Å². The van der Waals surface area contributed by atoms with Gasteiger partial charge in [-0.15, -0.1) is 5.10 Å². The van der Waals surface area contributed by atoms with Gasteiger partial charge in [0.15, 0.2) is 5.69 Å². The van der Waals surface area contributed by atoms with Gasteiger partial charge in [-0.05, 0) is 31.0 Å². The van der Waals surface area contributed by atoms with Gasteiger partial charge in [0.1, 0.15) is 11.6 Å². The van der Waals surface area contributed by atoms with Crippen LogP contribution in [0.1, 0.15) is 48.3 Å². The van der Waals surface area contributed by atoms with Gasteiger partial charge in [0.2, 0.25) is 5.91 Å². The van der Waals surface area contributed by atoms with E-state index >= 15 is 4.39 Å². The van der Waals surface area contributed by atoms with E-state index in [4.69, 9.17) is 11.6 Å². The summed E-state index contributed by atoms with van der Waals surface area (Å²) in [5.41, 5.74) is 1.25. The van der Waals surface area contributed by atoms with Crippen LogP contribution >= 0.6 is 11.6 Å². The number of halogens is 5. The summed E-state index contributed by atoms with van der Waals surface area (Å²) in [6, 6.07) is 4.20. The Hall–Kier alpha value is -3.93. The largest absolute Gasteiger partial charge is 0.436 e. The van der Waals surface area contributed by atoms with Crippen molar-refractivity contribution in [2.24, 2.45) is 0 Å². The molecule has 0 saturated carbocycles. The number of hydrogen-bond donors (Lipinski definition) is 2. The van der Waals surface area contributed by atoms with Crippen LogP contribution < -0.4 is 0 Å². The highest BCUT2D eigenvalue weighted by molar-refractivity contribution is 6.30. The molecule has 0 aliphatic carbocycles. The van der Waals surface area contributed by atoms with Gasteiger partial charge in [0, 0.05) is 41.6 Å².